The summed E-state index contributed by atoms with van der Waals surface area (Å²) in [4.78, 5) is 10.6. The summed E-state index contributed by atoms with van der Waals surface area (Å²) in [5, 5.41) is 12.4. The minimum absolute atomic E-state index is 0.151. The van der Waals surface area contributed by atoms with Gasteiger partial charge in [0.25, 0.3) is 0 Å². The number of fused-ring (bicyclic) bond motifs is 1. The minimum atomic E-state index is -0.292. The highest BCUT2D eigenvalue weighted by Gasteiger charge is 2.30. The van der Waals surface area contributed by atoms with Gasteiger partial charge in [0.15, 0.2) is 0 Å². The van der Waals surface area contributed by atoms with Crippen LogP contribution in [-0.4, -0.2) is 19.6 Å². The van der Waals surface area contributed by atoms with E-state index in [2.05, 4.69) is 198 Å². The Labute approximate surface area is 347 Å². The van der Waals surface area contributed by atoms with E-state index in [1.165, 1.54) is 33.4 Å². The van der Waals surface area contributed by atoms with Crippen molar-refractivity contribution in [3.8, 4) is 56.3 Å². The average Bonchev–Trinajstić information content (AvgIpc) is 3.55. The molecule has 58 heavy (non-hydrogen) atoms. The molecular formula is C54H61N3O. The standard InChI is InChI=1S/C54H61N3O/c1-32(2)38-26-39(28-40(27-38)47-29-37(23-24-55-47)36-18-14-17-35(7)25-36)44-21-16-22-48-49(44)56-52(57(48)50-42(33(3)4)19-15-20-43(50)34(5)6)45-30-41(53(8,9)10)31-46(51(45)58)54(11,12)13/h14-34,58H,1-13H3. The minimum Gasteiger partial charge on any atom is -0.507 e. The molecule has 4 heteroatoms. The van der Waals surface area contributed by atoms with E-state index in [9.17, 15) is 5.11 Å². The Hall–Kier alpha value is -5.48. The van der Waals surface area contributed by atoms with Crippen LogP contribution in [0.3, 0.4) is 0 Å². The number of nitrogens with zero attached hydrogens (tertiary/aromatic N) is 3. The van der Waals surface area contributed by atoms with E-state index in [1.807, 2.05) is 6.20 Å². The van der Waals surface area contributed by atoms with E-state index in [1.54, 1.807) is 0 Å². The lowest BCUT2D eigenvalue weighted by Gasteiger charge is -2.28. The molecule has 0 fully saturated rings. The van der Waals surface area contributed by atoms with Gasteiger partial charge >= 0.3 is 0 Å². The van der Waals surface area contributed by atoms with E-state index in [0.29, 0.717) is 5.92 Å². The van der Waals surface area contributed by atoms with Gasteiger partial charge in [-0.2, -0.15) is 0 Å². The van der Waals surface area contributed by atoms with Gasteiger partial charge in [-0.15, -0.1) is 0 Å². The molecule has 0 spiro atoms. The second kappa shape index (κ2) is 15.4. The fourth-order valence-electron chi connectivity index (χ4n) is 8.20. The Bertz CT molecular complexity index is 2620. The molecule has 0 unspecified atom stereocenters. The lowest BCUT2D eigenvalue weighted by Crippen LogP contribution is -2.17. The van der Waals surface area contributed by atoms with Crippen LogP contribution in [0.15, 0.2) is 109 Å². The van der Waals surface area contributed by atoms with Crippen molar-refractivity contribution < 1.29 is 5.11 Å². The number of aromatic hydroxyl groups is 1. The van der Waals surface area contributed by atoms with Crippen LogP contribution in [0.5, 0.6) is 5.75 Å². The number of pyridine rings is 1. The zero-order valence-corrected chi connectivity index (χ0v) is 36.9. The van der Waals surface area contributed by atoms with E-state index in [-0.39, 0.29) is 28.4 Å². The Kier molecular flexibility index (Phi) is 10.8. The topological polar surface area (TPSA) is 50.9 Å². The van der Waals surface area contributed by atoms with Crippen molar-refractivity contribution in [3.63, 3.8) is 0 Å². The summed E-state index contributed by atoms with van der Waals surface area (Å²) in [6.07, 6.45) is 1.92. The molecule has 4 nitrogen and oxygen atoms in total. The molecule has 1 N–H and O–H groups in total. The SMILES string of the molecule is Cc1cccc(-c2ccnc(-c3cc(-c4cccc5c4nc(-c4cc(C(C)(C)C)cc(C(C)(C)C)c4O)n5-c4c(C(C)C)cccc4C(C)C)cc(C(C)C)c3)c2)c1. The summed E-state index contributed by atoms with van der Waals surface area (Å²) in [6.45, 7) is 29.0. The summed E-state index contributed by atoms with van der Waals surface area (Å²) in [6, 6.07) is 37.5. The molecule has 5 aromatic carbocycles. The third kappa shape index (κ3) is 7.74. The van der Waals surface area contributed by atoms with Crippen LogP contribution in [0.4, 0.5) is 0 Å². The van der Waals surface area contributed by atoms with Crippen LogP contribution in [0.1, 0.15) is 134 Å². The number of aryl methyl sites for hydroxylation is 1. The number of benzene rings is 5. The van der Waals surface area contributed by atoms with E-state index in [4.69, 9.17) is 9.97 Å². The predicted octanol–water partition coefficient (Wildman–Crippen LogP) is 15.1. The number of hydrogen-bond donors (Lipinski definition) is 1. The number of hydrogen-bond acceptors (Lipinski definition) is 3. The van der Waals surface area contributed by atoms with E-state index < -0.39 is 0 Å². The maximum atomic E-state index is 12.4. The normalized spacial score (nSPS) is 12.4. The molecule has 298 valence electrons. The van der Waals surface area contributed by atoms with E-state index in [0.717, 1.165) is 61.6 Å². The monoisotopic (exact) mass is 767 g/mol. The van der Waals surface area contributed by atoms with Crippen LogP contribution >= 0.6 is 0 Å². The van der Waals surface area contributed by atoms with Crippen LogP contribution < -0.4 is 0 Å². The molecule has 0 aliphatic carbocycles. The lowest BCUT2D eigenvalue weighted by atomic mass is 9.79. The molecule has 0 atom stereocenters. The van der Waals surface area contributed by atoms with Crippen molar-refractivity contribution in [3.05, 3.63) is 143 Å². The van der Waals surface area contributed by atoms with Crippen LogP contribution in [-0.2, 0) is 10.8 Å². The molecular weight excluding hydrogens is 707 g/mol. The molecule has 7 rings (SSSR count). The van der Waals surface area contributed by atoms with Gasteiger partial charge in [0.05, 0.1) is 28.0 Å². The number of rotatable bonds is 8. The van der Waals surface area contributed by atoms with Gasteiger partial charge in [-0.1, -0.05) is 155 Å². The molecule has 0 amide bonds. The van der Waals surface area contributed by atoms with Gasteiger partial charge in [0, 0.05) is 22.9 Å². The first kappa shape index (κ1) is 40.7. The third-order valence-electron chi connectivity index (χ3n) is 11.6. The maximum absolute atomic E-state index is 12.4. The molecule has 0 aliphatic heterocycles. The van der Waals surface area contributed by atoms with Crippen molar-refractivity contribution in [2.75, 3.05) is 0 Å². The van der Waals surface area contributed by atoms with Crippen molar-refractivity contribution in [1.29, 1.82) is 0 Å². The van der Waals surface area contributed by atoms with Crippen LogP contribution in [0.2, 0.25) is 0 Å². The van der Waals surface area contributed by atoms with Gasteiger partial charge < -0.3 is 5.11 Å². The van der Waals surface area contributed by atoms with Crippen molar-refractivity contribution in [2.45, 2.75) is 119 Å². The third-order valence-corrected chi connectivity index (χ3v) is 11.6. The van der Waals surface area contributed by atoms with Gasteiger partial charge in [-0.3, -0.25) is 9.55 Å². The Balaban J connectivity index is 1.57. The first-order chi connectivity index (χ1) is 27.3. The van der Waals surface area contributed by atoms with Crippen LogP contribution in [0, 0.1) is 6.92 Å². The van der Waals surface area contributed by atoms with Gasteiger partial charge in [-0.25, -0.2) is 4.98 Å². The molecule has 0 radical (unpaired) electrons. The molecule has 0 bridgehead atoms. The van der Waals surface area contributed by atoms with Crippen molar-refractivity contribution in [2.24, 2.45) is 0 Å². The fourth-order valence-corrected chi connectivity index (χ4v) is 8.20. The van der Waals surface area contributed by atoms with E-state index >= 15 is 0 Å². The molecule has 2 aromatic heterocycles. The lowest BCUT2D eigenvalue weighted by molar-refractivity contribution is 0.446. The molecule has 0 saturated carbocycles. The summed E-state index contributed by atoms with van der Waals surface area (Å²) in [5.41, 5.74) is 16.9. The van der Waals surface area contributed by atoms with Gasteiger partial charge in [0.2, 0.25) is 0 Å². The summed E-state index contributed by atoms with van der Waals surface area (Å²) >= 11 is 0. The van der Waals surface area contributed by atoms with Crippen molar-refractivity contribution >= 4 is 11.0 Å². The fraction of sp³-hybridized carbons (Fsp3) is 0.333. The quantitative estimate of drug-likeness (QED) is 0.168. The molecule has 7 aromatic rings. The molecule has 0 saturated heterocycles. The Morgan fingerprint density at radius 3 is 1.84 bits per heavy atom. The Morgan fingerprint density at radius 2 is 1.22 bits per heavy atom. The summed E-state index contributed by atoms with van der Waals surface area (Å²) in [7, 11) is 0. The number of para-hydroxylation sites is 2. The number of phenolic OH excluding ortho intramolecular Hbond substituents is 1. The smallest absolute Gasteiger partial charge is 0.149 e. The molecule has 0 aliphatic rings. The second-order valence-electron chi connectivity index (χ2n) is 19.3. The first-order valence-electron chi connectivity index (χ1n) is 21.0. The van der Waals surface area contributed by atoms with Gasteiger partial charge in [-0.05, 0) is 111 Å². The Morgan fingerprint density at radius 1 is 0.586 bits per heavy atom. The predicted molar refractivity (Wildman–Crippen MR) is 247 cm³/mol. The highest BCUT2D eigenvalue weighted by molar-refractivity contribution is 5.97. The summed E-state index contributed by atoms with van der Waals surface area (Å²) in [5.74, 6) is 1.85. The van der Waals surface area contributed by atoms with Crippen LogP contribution in [0.25, 0.3) is 61.6 Å². The molecule has 2 heterocycles. The zero-order chi connectivity index (χ0) is 41.8. The first-order valence-corrected chi connectivity index (χ1v) is 21.0. The largest absolute Gasteiger partial charge is 0.507 e. The summed E-state index contributed by atoms with van der Waals surface area (Å²) < 4.78 is 2.36. The number of imidazole rings is 1. The highest BCUT2D eigenvalue weighted by atomic mass is 16.3. The number of aromatic nitrogens is 3. The number of phenols is 1. The van der Waals surface area contributed by atoms with Gasteiger partial charge in [0.1, 0.15) is 11.6 Å². The maximum Gasteiger partial charge on any atom is 0.149 e. The van der Waals surface area contributed by atoms with Crippen molar-refractivity contribution in [1.82, 2.24) is 14.5 Å². The second-order valence-corrected chi connectivity index (χ2v) is 19.3. The zero-order valence-electron chi connectivity index (χ0n) is 36.9. The highest BCUT2D eigenvalue weighted by Crippen LogP contribution is 2.46. The average molecular weight is 768 g/mol.